The summed E-state index contributed by atoms with van der Waals surface area (Å²) in [5.74, 6) is 0.867. The molecule has 0 bridgehead atoms. The van der Waals surface area contributed by atoms with E-state index in [4.69, 9.17) is 9.47 Å². The van der Waals surface area contributed by atoms with Crippen LogP contribution in [-0.2, 0) is 11.3 Å². The molecular weight excluding hydrogens is 270 g/mol. The summed E-state index contributed by atoms with van der Waals surface area (Å²) in [5.41, 5.74) is 1.06. The van der Waals surface area contributed by atoms with Gasteiger partial charge in [-0.05, 0) is 24.7 Å². The lowest BCUT2D eigenvalue weighted by Crippen LogP contribution is -2.18. The summed E-state index contributed by atoms with van der Waals surface area (Å²) in [6, 6.07) is 5.92. The predicted molar refractivity (Wildman–Crippen MR) is 68.9 cm³/mol. The van der Waals surface area contributed by atoms with Crippen LogP contribution in [0.2, 0.25) is 0 Å². The highest BCUT2D eigenvalue weighted by atomic mass is 79.9. The van der Waals surface area contributed by atoms with Crippen molar-refractivity contribution in [1.29, 1.82) is 0 Å². The van der Waals surface area contributed by atoms with Crippen molar-refractivity contribution < 1.29 is 9.47 Å². The SMILES string of the molecule is CCNCCOCc1cc(Br)ccc1OC. The number of nitrogens with one attached hydrogen (secondary N) is 1. The second kappa shape index (κ2) is 7.65. The van der Waals surface area contributed by atoms with E-state index in [-0.39, 0.29) is 0 Å². The molecule has 0 atom stereocenters. The van der Waals surface area contributed by atoms with Crippen molar-refractivity contribution in [2.75, 3.05) is 26.8 Å². The summed E-state index contributed by atoms with van der Waals surface area (Å²) in [5, 5.41) is 3.21. The van der Waals surface area contributed by atoms with Crippen molar-refractivity contribution in [1.82, 2.24) is 5.32 Å². The monoisotopic (exact) mass is 287 g/mol. The standard InChI is InChI=1S/C12H18BrNO2/c1-3-14-6-7-16-9-10-8-11(13)4-5-12(10)15-2/h4-5,8,14H,3,6-7,9H2,1-2H3. The lowest BCUT2D eigenvalue weighted by molar-refractivity contribution is 0.121. The van der Waals surface area contributed by atoms with Crippen LogP contribution >= 0.6 is 15.9 Å². The minimum absolute atomic E-state index is 0.577. The molecule has 0 aliphatic heterocycles. The lowest BCUT2D eigenvalue weighted by Gasteiger charge is -2.09. The number of halogens is 1. The quantitative estimate of drug-likeness (QED) is 0.782. The molecule has 0 unspecified atom stereocenters. The minimum atomic E-state index is 0.577. The molecule has 4 heteroatoms. The van der Waals surface area contributed by atoms with Crippen LogP contribution in [0.3, 0.4) is 0 Å². The molecule has 90 valence electrons. The van der Waals surface area contributed by atoms with Crippen LogP contribution in [0.1, 0.15) is 12.5 Å². The third-order valence-electron chi connectivity index (χ3n) is 2.17. The van der Waals surface area contributed by atoms with Gasteiger partial charge in [-0.1, -0.05) is 22.9 Å². The molecule has 3 nitrogen and oxygen atoms in total. The van der Waals surface area contributed by atoms with Gasteiger partial charge in [0.2, 0.25) is 0 Å². The molecule has 0 saturated carbocycles. The first-order valence-electron chi connectivity index (χ1n) is 5.38. The highest BCUT2D eigenvalue weighted by Gasteiger charge is 2.03. The Morgan fingerprint density at radius 1 is 1.38 bits per heavy atom. The molecule has 0 spiro atoms. The van der Waals surface area contributed by atoms with Gasteiger partial charge in [0.15, 0.2) is 0 Å². The number of methoxy groups -OCH3 is 1. The fraction of sp³-hybridized carbons (Fsp3) is 0.500. The molecular formula is C12H18BrNO2. The number of rotatable bonds is 7. The van der Waals surface area contributed by atoms with Crippen LogP contribution in [0.5, 0.6) is 5.75 Å². The van der Waals surface area contributed by atoms with Crippen LogP contribution in [0, 0.1) is 0 Å². The average Bonchev–Trinajstić information content (AvgIpc) is 2.29. The maximum atomic E-state index is 5.56. The first kappa shape index (κ1) is 13.5. The molecule has 0 radical (unpaired) electrons. The third-order valence-corrected chi connectivity index (χ3v) is 2.67. The number of hydrogen-bond donors (Lipinski definition) is 1. The number of benzene rings is 1. The topological polar surface area (TPSA) is 30.5 Å². The summed E-state index contributed by atoms with van der Waals surface area (Å²) in [6.45, 7) is 5.23. The number of likely N-dealkylation sites (N-methyl/N-ethyl adjacent to an activating group) is 1. The van der Waals surface area contributed by atoms with Crippen molar-refractivity contribution in [2.45, 2.75) is 13.5 Å². The molecule has 0 fully saturated rings. The first-order valence-corrected chi connectivity index (χ1v) is 6.18. The zero-order chi connectivity index (χ0) is 11.8. The van der Waals surface area contributed by atoms with Gasteiger partial charge >= 0.3 is 0 Å². The van der Waals surface area contributed by atoms with Gasteiger partial charge in [-0.15, -0.1) is 0 Å². The Hall–Kier alpha value is -0.580. The molecule has 0 amide bonds. The fourth-order valence-electron chi connectivity index (χ4n) is 1.36. The molecule has 0 aliphatic rings. The van der Waals surface area contributed by atoms with Gasteiger partial charge in [-0.25, -0.2) is 0 Å². The van der Waals surface area contributed by atoms with Crippen LogP contribution in [0.4, 0.5) is 0 Å². The zero-order valence-electron chi connectivity index (χ0n) is 9.75. The van der Waals surface area contributed by atoms with Crippen LogP contribution in [0.25, 0.3) is 0 Å². The lowest BCUT2D eigenvalue weighted by atomic mass is 10.2. The summed E-state index contributed by atoms with van der Waals surface area (Å²) in [6.07, 6.45) is 0. The van der Waals surface area contributed by atoms with Gasteiger partial charge in [0.1, 0.15) is 5.75 Å². The molecule has 1 aromatic carbocycles. The van der Waals surface area contributed by atoms with E-state index in [1.165, 1.54) is 0 Å². The Morgan fingerprint density at radius 3 is 2.88 bits per heavy atom. The van der Waals surface area contributed by atoms with Crippen molar-refractivity contribution in [3.8, 4) is 5.75 Å². The van der Waals surface area contributed by atoms with Crippen LogP contribution in [-0.4, -0.2) is 26.8 Å². The Balaban J connectivity index is 2.42. The first-order chi connectivity index (χ1) is 7.77. The van der Waals surface area contributed by atoms with Crippen molar-refractivity contribution in [2.24, 2.45) is 0 Å². The van der Waals surface area contributed by atoms with Crippen LogP contribution in [0.15, 0.2) is 22.7 Å². The summed E-state index contributed by atoms with van der Waals surface area (Å²) in [7, 11) is 1.67. The smallest absolute Gasteiger partial charge is 0.124 e. The van der Waals surface area contributed by atoms with Gasteiger partial charge < -0.3 is 14.8 Å². The largest absolute Gasteiger partial charge is 0.496 e. The Labute approximate surface area is 105 Å². The normalized spacial score (nSPS) is 10.4. The highest BCUT2D eigenvalue weighted by molar-refractivity contribution is 9.10. The van der Waals surface area contributed by atoms with E-state index >= 15 is 0 Å². The second-order valence-electron chi connectivity index (χ2n) is 3.36. The molecule has 0 heterocycles. The second-order valence-corrected chi connectivity index (χ2v) is 4.28. The Morgan fingerprint density at radius 2 is 2.19 bits per heavy atom. The van der Waals surface area contributed by atoms with Gasteiger partial charge in [-0.3, -0.25) is 0 Å². The van der Waals surface area contributed by atoms with Gasteiger partial charge in [-0.2, -0.15) is 0 Å². The average molecular weight is 288 g/mol. The fourth-order valence-corrected chi connectivity index (χ4v) is 1.77. The molecule has 0 saturated heterocycles. The van der Waals surface area contributed by atoms with Gasteiger partial charge in [0.05, 0.1) is 20.3 Å². The Kier molecular flexibility index (Phi) is 6.45. The van der Waals surface area contributed by atoms with E-state index in [0.29, 0.717) is 13.2 Å². The van der Waals surface area contributed by atoms with Crippen LogP contribution < -0.4 is 10.1 Å². The zero-order valence-corrected chi connectivity index (χ0v) is 11.3. The molecule has 16 heavy (non-hydrogen) atoms. The highest BCUT2D eigenvalue weighted by Crippen LogP contribution is 2.23. The minimum Gasteiger partial charge on any atom is -0.496 e. The molecule has 0 aliphatic carbocycles. The van der Waals surface area contributed by atoms with E-state index in [9.17, 15) is 0 Å². The summed E-state index contributed by atoms with van der Waals surface area (Å²) < 4.78 is 11.9. The van der Waals surface area contributed by atoms with Crippen molar-refractivity contribution >= 4 is 15.9 Å². The maximum Gasteiger partial charge on any atom is 0.124 e. The summed E-state index contributed by atoms with van der Waals surface area (Å²) in [4.78, 5) is 0. The van der Waals surface area contributed by atoms with E-state index < -0.39 is 0 Å². The molecule has 1 aromatic rings. The predicted octanol–water partition coefficient (Wildman–Crippen LogP) is 2.58. The molecule has 0 aromatic heterocycles. The van der Waals surface area contributed by atoms with E-state index in [1.54, 1.807) is 7.11 Å². The molecule has 1 N–H and O–H groups in total. The van der Waals surface area contributed by atoms with Crippen molar-refractivity contribution in [3.63, 3.8) is 0 Å². The number of ether oxygens (including phenoxy) is 2. The van der Waals surface area contributed by atoms with Crippen molar-refractivity contribution in [3.05, 3.63) is 28.2 Å². The number of hydrogen-bond acceptors (Lipinski definition) is 3. The maximum absolute atomic E-state index is 5.56. The van der Waals surface area contributed by atoms with Gasteiger partial charge in [0.25, 0.3) is 0 Å². The van der Waals surface area contributed by atoms with E-state index in [0.717, 1.165) is 28.9 Å². The Bertz CT molecular complexity index is 318. The van der Waals surface area contributed by atoms with E-state index in [1.807, 2.05) is 18.2 Å². The third kappa shape index (κ3) is 4.51. The van der Waals surface area contributed by atoms with Gasteiger partial charge in [0, 0.05) is 16.6 Å². The van der Waals surface area contributed by atoms with E-state index in [2.05, 4.69) is 28.2 Å². The molecule has 1 rings (SSSR count). The summed E-state index contributed by atoms with van der Waals surface area (Å²) >= 11 is 3.44.